The first-order valence-corrected chi connectivity index (χ1v) is 5.85. The van der Waals surface area contributed by atoms with E-state index in [2.05, 4.69) is 30.9 Å². The third-order valence-electron chi connectivity index (χ3n) is 3.43. The van der Waals surface area contributed by atoms with Crippen molar-refractivity contribution in [1.82, 2.24) is 9.80 Å². The fourth-order valence-corrected chi connectivity index (χ4v) is 2.55. The van der Waals surface area contributed by atoms with Gasteiger partial charge in [-0.15, -0.1) is 0 Å². The zero-order valence-corrected chi connectivity index (χ0v) is 10.5. The molecule has 0 saturated carbocycles. The number of carbonyl (C=O) groups excluding carboxylic acids is 1. The largest absolute Gasteiger partial charge is 0.306 e. The van der Waals surface area contributed by atoms with Gasteiger partial charge in [0.1, 0.15) is 5.78 Å². The lowest BCUT2D eigenvalue weighted by Crippen LogP contribution is -2.36. The fraction of sp³-hybridized carbons (Fsp3) is 0.917. The Morgan fingerprint density at radius 3 is 2.60 bits per heavy atom. The summed E-state index contributed by atoms with van der Waals surface area (Å²) in [5, 5.41) is 0. The van der Waals surface area contributed by atoms with Crippen LogP contribution in [-0.2, 0) is 4.79 Å². The first kappa shape index (κ1) is 12.7. The molecule has 1 rings (SSSR count). The van der Waals surface area contributed by atoms with Crippen molar-refractivity contribution in [3.05, 3.63) is 0 Å². The van der Waals surface area contributed by atoms with Gasteiger partial charge in [0, 0.05) is 19.0 Å². The van der Waals surface area contributed by atoms with Crippen molar-refractivity contribution in [2.75, 3.05) is 34.2 Å². The molecule has 2 unspecified atom stereocenters. The molecule has 0 spiro atoms. The molecule has 3 nitrogen and oxygen atoms in total. The fourth-order valence-electron chi connectivity index (χ4n) is 2.55. The summed E-state index contributed by atoms with van der Waals surface area (Å²) in [6, 6.07) is 0.568. The summed E-state index contributed by atoms with van der Waals surface area (Å²) in [5.74, 6) is 1.05. The second-order valence-corrected chi connectivity index (χ2v) is 5.08. The van der Waals surface area contributed by atoms with Gasteiger partial charge in [0.15, 0.2) is 0 Å². The highest BCUT2D eigenvalue weighted by Gasteiger charge is 2.28. The van der Waals surface area contributed by atoms with Crippen LogP contribution in [0.15, 0.2) is 0 Å². The van der Waals surface area contributed by atoms with Gasteiger partial charge in [-0.1, -0.05) is 0 Å². The maximum Gasteiger partial charge on any atom is 0.129 e. The van der Waals surface area contributed by atoms with E-state index in [9.17, 15) is 4.79 Å². The van der Waals surface area contributed by atoms with E-state index in [4.69, 9.17) is 0 Å². The molecule has 2 atom stereocenters. The Kier molecular flexibility index (Phi) is 4.74. The van der Waals surface area contributed by atoms with E-state index in [1.165, 1.54) is 19.5 Å². The number of ketones is 1. The predicted octanol–water partition coefficient (Wildman–Crippen LogP) is 1.24. The Bertz CT molecular complexity index is 216. The van der Waals surface area contributed by atoms with Crippen LogP contribution in [0.4, 0.5) is 0 Å². The molecule has 0 radical (unpaired) electrons. The van der Waals surface area contributed by atoms with E-state index < -0.39 is 0 Å². The molecule has 0 amide bonds. The predicted molar refractivity (Wildman–Crippen MR) is 63.0 cm³/mol. The van der Waals surface area contributed by atoms with Crippen molar-refractivity contribution in [3.63, 3.8) is 0 Å². The smallest absolute Gasteiger partial charge is 0.129 e. The second kappa shape index (κ2) is 5.61. The summed E-state index contributed by atoms with van der Waals surface area (Å²) >= 11 is 0. The second-order valence-electron chi connectivity index (χ2n) is 5.08. The Morgan fingerprint density at radius 2 is 2.20 bits per heavy atom. The minimum atomic E-state index is 0.313. The maximum atomic E-state index is 11.0. The quantitative estimate of drug-likeness (QED) is 0.685. The SMILES string of the molecule is CC(=O)CCC(C1CCN(C)C1)N(C)C. The van der Waals surface area contributed by atoms with Crippen molar-refractivity contribution in [1.29, 1.82) is 0 Å². The molecular formula is C12H24N2O. The van der Waals surface area contributed by atoms with Crippen LogP contribution in [0.3, 0.4) is 0 Å². The van der Waals surface area contributed by atoms with Crippen molar-refractivity contribution in [2.45, 2.75) is 32.2 Å². The third kappa shape index (κ3) is 3.92. The lowest BCUT2D eigenvalue weighted by molar-refractivity contribution is -0.117. The van der Waals surface area contributed by atoms with Gasteiger partial charge >= 0.3 is 0 Å². The normalized spacial score (nSPS) is 24.7. The molecule has 1 saturated heterocycles. The molecule has 1 heterocycles. The van der Waals surface area contributed by atoms with Gasteiger partial charge in [0.05, 0.1) is 0 Å². The lowest BCUT2D eigenvalue weighted by atomic mass is 9.93. The summed E-state index contributed by atoms with van der Waals surface area (Å²) in [6.45, 7) is 4.07. The average molecular weight is 212 g/mol. The highest BCUT2D eigenvalue weighted by molar-refractivity contribution is 5.75. The van der Waals surface area contributed by atoms with Gasteiger partial charge in [-0.2, -0.15) is 0 Å². The minimum Gasteiger partial charge on any atom is -0.306 e. The van der Waals surface area contributed by atoms with Crippen molar-refractivity contribution in [2.24, 2.45) is 5.92 Å². The molecule has 15 heavy (non-hydrogen) atoms. The summed E-state index contributed by atoms with van der Waals surface area (Å²) in [4.78, 5) is 15.7. The number of Topliss-reactive ketones (excluding diaryl/α,β-unsaturated/α-hetero) is 1. The summed E-state index contributed by atoms with van der Waals surface area (Å²) in [7, 11) is 6.43. The first-order valence-electron chi connectivity index (χ1n) is 5.85. The van der Waals surface area contributed by atoms with Crippen molar-refractivity contribution in [3.8, 4) is 0 Å². The minimum absolute atomic E-state index is 0.313. The van der Waals surface area contributed by atoms with Crippen LogP contribution in [0.2, 0.25) is 0 Å². The topological polar surface area (TPSA) is 23.6 Å². The van der Waals surface area contributed by atoms with Crippen molar-refractivity contribution >= 4 is 5.78 Å². The van der Waals surface area contributed by atoms with E-state index in [0.717, 1.165) is 18.8 Å². The lowest BCUT2D eigenvalue weighted by Gasteiger charge is -2.29. The number of rotatable bonds is 5. The van der Waals surface area contributed by atoms with E-state index in [1.54, 1.807) is 6.92 Å². The highest BCUT2D eigenvalue weighted by atomic mass is 16.1. The molecule has 0 bridgehead atoms. The first-order chi connectivity index (χ1) is 7.00. The molecule has 0 aromatic carbocycles. The molecular weight excluding hydrogens is 188 g/mol. The van der Waals surface area contributed by atoms with Gasteiger partial charge in [-0.25, -0.2) is 0 Å². The molecule has 3 heteroatoms. The standard InChI is InChI=1S/C12H24N2O/c1-10(15)5-6-12(13(2)3)11-7-8-14(4)9-11/h11-12H,5-9H2,1-4H3. The third-order valence-corrected chi connectivity index (χ3v) is 3.43. The van der Waals surface area contributed by atoms with Crippen LogP contribution >= 0.6 is 0 Å². The Hall–Kier alpha value is -0.410. The number of carbonyl (C=O) groups is 1. The monoisotopic (exact) mass is 212 g/mol. The van der Waals surface area contributed by atoms with E-state index in [-0.39, 0.29) is 0 Å². The Morgan fingerprint density at radius 1 is 1.53 bits per heavy atom. The Balaban J connectivity index is 2.46. The van der Waals surface area contributed by atoms with Crippen LogP contribution in [0, 0.1) is 5.92 Å². The maximum absolute atomic E-state index is 11.0. The molecule has 1 fully saturated rings. The van der Waals surface area contributed by atoms with E-state index in [1.807, 2.05) is 0 Å². The molecule has 1 aliphatic rings. The van der Waals surface area contributed by atoms with Gasteiger partial charge < -0.3 is 14.6 Å². The summed E-state index contributed by atoms with van der Waals surface area (Å²) in [5.41, 5.74) is 0. The molecule has 1 aliphatic heterocycles. The van der Waals surface area contributed by atoms with Gasteiger partial charge in [-0.3, -0.25) is 0 Å². The van der Waals surface area contributed by atoms with Crippen LogP contribution in [0.25, 0.3) is 0 Å². The van der Waals surface area contributed by atoms with E-state index >= 15 is 0 Å². The molecule has 0 aromatic heterocycles. The van der Waals surface area contributed by atoms with E-state index in [0.29, 0.717) is 11.8 Å². The summed E-state index contributed by atoms with van der Waals surface area (Å²) < 4.78 is 0. The average Bonchev–Trinajstić information content (AvgIpc) is 2.51. The van der Waals surface area contributed by atoms with Crippen LogP contribution in [0.1, 0.15) is 26.2 Å². The van der Waals surface area contributed by atoms with Gasteiger partial charge in [-0.05, 0) is 53.4 Å². The molecule has 0 aliphatic carbocycles. The van der Waals surface area contributed by atoms with Gasteiger partial charge in [0.25, 0.3) is 0 Å². The van der Waals surface area contributed by atoms with Crippen LogP contribution in [-0.4, -0.2) is 55.9 Å². The number of hydrogen-bond donors (Lipinski definition) is 0. The summed E-state index contributed by atoms with van der Waals surface area (Å²) in [6.07, 6.45) is 3.02. The number of hydrogen-bond acceptors (Lipinski definition) is 3. The molecule has 88 valence electrons. The van der Waals surface area contributed by atoms with Crippen LogP contribution in [0.5, 0.6) is 0 Å². The number of likely N-dealkylation sites (tertiary alicyclic amines) is 1. The molecule has 0 aromatic rings. The Labute approximate surface area is 93.4 Å². The highest BCUT2D eigenvalue weighted by Crippen LogP contribution is 2.24. The zero-order valence-electron chi connectivity index (χ0n) is 10.5. The number of nitrogens with zero attached hydrogens (tertiary/aromatic N) is 2. The van der Waals surface area contributed by atoms with Crippen LogP contribution < -0.4 is 0 Å². The molecule has 0 N–H and O–H groups in total. The van der Waals surface area contributed by atoms with Gasteiger partial charge in [0.2, 0.25) is 0 Å². The van der Waals surface area contributed by atoms with Crippen molar-refractivity contribution < 1.29 is 4.79 Å². The zero-order chi connectivity index (χ0) is 11.4.